The van der Waals surface area contributed by atoms with Crippen molar-refractivity contribution < 1.29 is 14.2 Å². The topological polar surface area (TPSA) is 27.7 Å². The van der Waals surface area contributed by atoms with Crippen molar-refractivity contribution in [2.45, 2.75) is 120 Å². The average Bonchev–Trinajstić information content (AvgIpc) is 2.82. The zero-order valence-electron chi connectivity index (χ0n) is 25.6. The molecule has 0 aliphatic rings. The van der Waals surface area contributed by atoms with Crippen LogP contribution >= 0.6 is 0 Å². The fourth-order valence-electron chi connectivity index (χ4n) is 3.72. The molecule has 0 saturated carbocycles. The maximum Gasteiger partial charge on any atom is 0.149 e. The van der Waals surface area contributed by atoms with Gasteiger partial charge in [0.1, 0.15) is 13.6 Å². The molecule has 0 bridgehead atoms. The van der Waals surface area contributed by atoms with Crippen molar-refractivity contribution in [1.82, 2.24) is 0 Å². The van der Waals surface area contributed by atoms with Gasteiger partial charge in [-0.2, -0.15) is 0 Å². The molecular weight excluding hydrogens is 456 g/mol. The second kappa shape index (κ2) is 24.6. The quantitative estimate of drug-likeness (QED) is 0.0816. The van der Waals surface area contributed by atoms with Gasteiger partial charge in [0.15, 0.2) is 0 Å². The van der Waals surface area contributed by atoms with E-state index in [-0.39, 0.29) is 13.6 Å². The van der Waals surface area contributed by atoms with Gasteiger partial charge in [-0.25, -0.2) is 0 Å². The van der Waals surface area contributed by atoms with Gasteiger partial charge in [-0.3, -0.25) is 0 Å². The zero-order chi connectivity index (χ0) is 27.7. The lowest BCUT2D eigenvalue weighted by Crippen LogP contribution is -2.06. The maximum absolute atomic E-state index is 5.55. The van der Waals surface area contributed by atoms with Crippen LogP contribution in [0.4, 0.5) is 0 Å². The Kier molecular flexibility index (Phi) is 23.5. The molecule has 0 aromatic carbocycles. The standard InChI is InChI=1S/C34H58O3/c1-29(2)15-9-17-31(5)19-11-21-33(7)23-13-25-35-27-37-28-36-26-14-24-34(8)22-12-20-32(6)18-10-16-30(3)4/h15-16,19-20,23-24H,9-14,17-18,21-22,25-28H2,1-8H3. The molecule has 0 spiro atoms. The van der Waals surface area contributed by atoms with E-state index in [1.807, 2.05) is 0 Å². The fraction of sp³-hybridized carbons (Fsp3) is 0.647. The highest BCUT2D eigenvalue weighted by atomic mass is 16.7. The Hall–Kier alpha value is -1.68. The molecule has 37 heavy (non-hydrogen) atoms. The van der Waals surface area contributed by atoms with Crippen LogP contribution in [0.3, 0.4) is 0 Å². The van der Waals surface area contributed by atoms with Crippen LogP contribution in [0, 0.1) is 0 Å². The number of rotatable bonds is 22. The average molecular weight is 515 g/mol. The van der Waals surface area contributed by atoms with Crippen molar-refractivity contribution in [2.75, 3.05) is 26.8 Å². The predicted octanol–water partition coefficient (Wildman–Crippen LogP) is 10.6. The summed E-state index contributed by atoms with van der Waals surface area (Å²) in [5.74, 6) is 0. The molecule has 0 atom stereocenters. The van der Waals surface area contributed by atoms with E-state index in [9.17, 15) is 0 Å². The summed E-state index contributed by atoms with van der Waals surface area (Å²) in [6, 6.07) is 0. The molecule has 212 valence electrons. The molecule has 0 aliphatic heterocycles. The first-order chi connectivity index (χ1) is 17.7. The molecule has 0 radical (unpaired) electrons. The van der Waals surface area contributed by atoms with Crippen molar-refractivity contribution in [1.29, 1.82) is 0 Å². The fourth-order valence-corrected chi connectivity index (χ4v) is 3.72. The van der Waals surface area contributed by atoms with Crippen LogP contribution in [0.5, 0.6) is 0 Å². The molecule has 0 amide bonds. The van der Waals surface area contributed by atoms with E-state index in [4.69, 9.17) is 14.2 Å². The van der Waals surface area contributed by atoms with Crippen LogP contribution in [-0.2, 0) is 14.2 Å². The molecule has 0 aliphatic carbocycles. The van der Waals surface area contributed by atoms with Gasteiger partial charge in [0.25, 0.3) is 0 Å². The minimum Gasteiger partial charge on any atom is -0.355 e. The summed E-state index contributed by atoms with van der Waals surface area (Å²) in [5.41, 5.74) is 8.64. The summed E-state index contributed by atoms with van der Waals surface area (Å²) in [7, 11) is 0. The molecule has 0 rings (SSSR count). The minimum absolute atomic E-state index is 0.286. The maximum atomic E-state index is 5.55. The van der Waals surface area contributed by atoms with E-state index in [1.165, 1.54) is 33.4 Å². The van der Waals surface area contributed by atoms with Crippen molar-refractivity contribution in [3.8, 4) is 0 Å². The van der Waals surface area contributed by atoms with Crippen molar-refractivity contribution in [2.24, 2.45) is 0 Å². The third-order valence-electron chi connectivity index (χ3n) is 6.09. The van der Waals surface area contributed by atoms with Crippen LogP contribution in [0.25, 0.3) is 0 Å². The Morgan fingerprint density at radius 1 is 0.378 bits per heavy atom. The number of allylic oxidation sites excluding steroid dienone is 10. The lowest BCUT2D eigenvalue weighted by molar-refractivity contribution is -0.129. The smallest absolute Gasteiger partial charge is 0.149 e. The van der Waals surface area contributed by atoms with E-state index in [2.05, 4.69) is 91.8 Å². The first-order valence-corrected chi connectivity index (χ1v) is 14.3. The summed E-state index contributed by atoms with van der Waals surface area (Å²) in [4.78, 5) is 0. The summed E-state index contributed by atoms with van der Waals surface area (Å²) < 4.78 is 16.5. The van der Waals surface area contributed by atoms with Gasteiger partial charge in [0, 0.05) is 0 Å². The first-order valence-electron chi connectivity index (χ1n) is 14.3. The molecule has 0 N–H and O–H groups in total. The Balaban J connectivity index is 3.69. The Morgan fingerprint density at radius 2 is 0.676 bits per heavy atom. The number of ether oxygens (including phenoxy) is 3. The highest BCUT2D eigenvalue weighted by Gasteiger charge is 1.95. The molecule has 0 heterocycles. The Labute approximate surface area is 230 Å². The SMILES string of the molecule is CC(C)=CCCC(C)=CCCC(C)=CCCOCOCOCCC=C(C)CCC=C(C)CCC=C(C)C. The zero-order valence-corrected chi connectivity index (χ0v) is 25.6. The van der Waals surface area contributed by atoms with Gasteiger partial charge < -0.3 is 14.2 Å². The molecule has 0 aromatic rings. The van der Waals surface area contributed by atoms with Crippen LogP contribution in [-0.4, -0.2) is 26.8 Å². The van der Waals surface area contributed by atoms with Gasteiger partial charge in [-0.1, -0.05) is 69.9 Å². The lowest BCUT2D eigenvalue weighted by atomic mass is 10.1. The van der Waals surface area contributed by atoms with Crippen molar-refractivity contribution >= 4 is 0 Å². The van der Waals surface area contributed by atoms with Crippen LogP contribution in [0.1, 0.15) is 120 Å². The normalized spacial score (nSPS) is 13.2. The predicted molar refractivity (Wildman–Crippen MR) is 163 cm³/mol. The van der Waals surface area contributed by atoms with Crippen molar-refractivity contribution in [3.05, 3.63) is 69.9 Å². The molecule has 0 unspecified atom stereocenters. The summed E-state index contributed by atoms with van der Waals surface area (Å²) in [5, 5.41) is 0. The monoisotopic (exact) mass is 514 g/mol. The molecular formula is C34H58O3. The Bertz CT molecular complexity index is 690. The van der Waals surface area contributed by atoms with Gasteiger partial charge in [-0.15, -0.1) is 0 Å². The third kappa shape index (κ3) is 27.2. The van der Waals surface area contributed by atoms with Crippen LogP contribution in [0.2, 0.25) is 0 Å². The minimum atomic E-state index is 0.286. The number of hydrogen-bond donors (Lipinski definition) is 0. The molecule has 3 heteroatoms. The van der Waals surface area contributed by atoms with E-state index in [0.29, 0.717) is 13.2 Å². The van der Waals surface area contributed by atoms with Gasteiger partial charge in [0.05, 0.1) is 13.2 Å². The van der Waals surface area contributed by atoms with Crippen LogP contribution < -0.4 is 0 Å². The highest BCUT2D eigenvalue weighted by molar-refractivity contribution is 5.06. The van der Waals surface area contributed by atoms with E-state index < -0.39 is 0 Å². The van der Waals surface area contributed by atoms with Gasteiger partial charge >= 0.3 is 0 Å². The van der Waals surface area contributed by atoms with E-state index in [1.54, 1.807) is 0 Å². The van der Waals surface area contributed by atoms with Crippen LogP contribution in [0.15, 0.2) is 69.9 Å². The molecule has 0 aromatic heterocycles. The summed E-state index contributed by atoms with van der Waals surface area (Å²) >= 11 is 0. The molecule has 0 saturated heterocycles. The van der Waals surface area contributed by atoms with E-state index >= 15 is 0 Å². The largest absolute Gasteiger partial charge is 0.355 e. The second-order valence-corrected chi connectivity index (χ2v) is 10.8. The van der Waals surface area contributed by atoms with Gasteiger partial charge in [0.2, 0.25) is 0 Å². The first kappa shape index (κ1) is 35.3. The second-order valence-electron chi connectivity index (χ2n) is 10.8. The lowest BCUT2D eigenvalue weighted by Gasteiger charge is -2.06. The third-order valence-corrected chi connectivity index (χ3v) is 6.09. The summed E-state index contributed by atoms with van der Waals surface area (Å²) in [6.07, 6.45) is 24.9. The highest BCUT2D eigenvalue weighted by Crippen LogP contribution is 2.13. The summed E-state index contributed by atoms with van der Waals surface area (Å²) in [6.45, 7) is 19.5. The number of hydrogen-bond acceptors (Lipinski definition) is 3. The molecule has 3 nitrogen and oxygen atoms in total. The van der Waals surface area contributed by atoms with E-state index in [0.717, 1.165) is 64.2 Å². The van der Waals surface area contributed by atoms with Crippen molar-refractivity contribution in [3.63, 3.8) is 0 Å². The van der Waals surface area contributed by atoms with Gasteiger partial charge in [-0.05, 0) is 120 Å². The Morgan fingerprint density at radius 3 is 1.00 bits per heavy atom. The molecule has 0 fully saturated rings.